The molecule has 0 aliphatic carbocycles. The molecule has 208 valence electrons. The van der Waals surface area contributed by atoms with E-state index >= 15 is 0 Å². The average molecular weight is 592 g/mol. The van der Waals surface area contributed by atoms with Gasteiger partial charge in [0.1, 0.15) is 11.5 Å². The Morgan fingerprint density at radius 3 is 1.98 bits per heavy atom. The number of ketones is 1. The van der Waals surface area contributed by atoms with Gasteiger partial charge in [0, 0.05) is 16.3 Å². The molecule has 41 heavy (non-hydrogen) atoms. The summed E-state index contributed by atoms with van der Waals surface area (Å²) in [5.74, 6) is -1.50. The molecule has 4 rings (SSSR count). The Labute approximate surface area is 245 Å². The zero-order valence-electron chi connectivity index (χ0n) is 21.7. The molecule has 0 unspecified atom stereocenters. The van der Waals surface area contributed by atoms with E-state index in [0.717, 1.165) is 5.56 Å². The van der Waals surface area contributed by atoms with Gasteiger partial charge in [0.05, 0.1) is 16.1 Å². The maximum atomic E-state index is 12.5. The van der Waals surface area contributed by atoms with Gasteiger partial charge >= 0.3 is 11.9 Å². The van der Waals surface area contributed by atoms with E-state index in [1.807, 2.05) is 19.1 Å². The van der Waals surface area contributed by atoms with Crippen LogP contribution >= 0.6 is 23.2 Å². The SMILES string of the molecule is Cc1ccc(C(=O)Oc2ccc(C(=O)COC(=O)c3ccc(NC(=O)COc4ccc(Cl)cc4Cl)cc3)cc2)cc1. The molecule has 8 nitrogen and oxygen atoms in total. The van der Waals surface area contributed by atoms with Crippen LogP contribution in [0.2, 0.25) is 10.0 Å². The van der Waals surface area contributed by atoms with Crippen LogP contribution in [-0.2, 0) is 9.53 Å². The van der Waals surface area contributed by atoms with Crippen LogP contribution in [0.25, 0.3) is 0 Å². The summed E-state index contributed by atoms with van der Waals surface area (Å²) in [6.45, 7) is 1.15. The van der Waals surface area contributed by atoms with Crippen molar-refractivity contribution < 1.29 is 33.4 Å². The van der Waals surface area contributed by atoms with Crippen molar-refractivity contribution in [1.29, 1.82) is 0 Å². The van der Waals surface area contributed by atoms with E-state index in [4.69, 9.17) is 37.4 Å². The number of rotatable bonds is 10. The normalized spacial score (nSPS) is 10.4. The number of nitrogens with one attached hydrogen (secondary N) is 1. The third-order valence-electron chi connectivity index (χ3n) is 5.67. The van der Waals surface area contributed by atoms with Gasteiger partial charge in [0.25, 0.3) is 5.91 Å². The molecule has 0 bridgehead atoms. The molecule has 0 saturated carbocycles. The van der Waals surface area contributed by atoms with Gasteiger partial charge in [0.15, 0.2) is 19.0 Å². The first-order valence-electron chi connectivity index (χ1n) is 12.2. The van der Waals surface area contributed by atoms with Crippen molar-refractivity contribution >= 4 is 52.5 Å². The van der Waals surface area contributed by atoms with Crippen molar-refractivity contribution in [1.82, 2.24) is 0 Å². The average Bonchev–Trinajstić information content (AvgIpc) is 2.96. The number of aryl methyl sites for hydroxylation is 1. The maximum absolute atomic E-state index is 12.5. The number of carbonyl (C=O) groups is 4. The van der Waals surface area contributed by atoms with Gasteiger partial charge in [-0.1, -0.05) is 40.9 Å². The minimum absolute atomic E-state index is 0.193. The van der Waals surface area contributed by atoms with Crippen LogP contribution in [0.5, 0.6) is 11.5 Å². The molecule has 0 fully saturated rings. The molecule has 10 heteroatoms. The van der Waals surface area contributed by atoms with Crippen LogP contribution < -0.4 is 14.8 Å². The van der Waals surface area contributed by atoms with Gasteiger partial charge in [-0.15, -0.1) is 0 Å². The van der Waals surface area contributed by atoms with Gasteiger partial charge in [-0.25, -0.2) is 9.59 Å². The highest BCUT2D eigenvalue weighted by Gasteiger charge is 2.14. The number of carbonyl (C=O) groups excluding carboxylic acids is 4. The summed E-state index contributed by atoms with van der Waals surface area (Å²) in [4.78, 5) is 49.3. The lowest BCUT2D eigenvalue weighted by Gasteiger charge is -2.10. The number of amides is 1. The highest BCUT2D eigenvalue weighted by atomic mass is 35.5. The second-order valence-electron chi connectivity index (χ2n) is 8.77. The highest BCUT2D eigenvalue weighted by molar-refractivity contribution is 6.35. The Bertz CT molecular complexity index is 1570. The molecule has 0 radical (unpaired) electrons. The fraction of sp³-hybridized carbons (Fsp3) is 0.0968. The van der Waals surface area contributed by atoms with Gasteiger partial charge in [-0.05, 0) is 85.8 Å². The van der Waals surface area contributed by atoms with Crippen LogP contribution in [0.1, 0.15) is 36.6 Å². The zero-order chi connectivity index (χ0) is 29.4. The molecular formula is C31H23Cl2NO7. The van der Waals surface area contributed by atoms with Gasteiger partial charge in [-0.2, -0.15) is 0 Å². The van der Waals surface area contributed by atoms with E-state index in [-0.39, 0.29) is 28.5 Å². The van der Waals surface area contributed by atoms with E-state index in [0.29, 0.717) is 22.0 Å². The number of hydrogen-bond donors (Lipinski definition) is 1. The van der Waals surface area contributed by atoms with Crippen LogP contribution in [0, 0.1) is 6.92 Å². The third kappa shape index (κ3) is 8.41. The summed E-state index contributed by atoms with van der Waals surface area (Å²) >= 11 is 11.9. The van der Waals surface area contributed by atoms with Crippen molar-refractivity contribution in [2.75, 3.05) is 18.5 Å². The van der Waals surface area contributed by atoms with Crippen LogP contribution in [0.4, 0.5) is 5.69 Å². The molecule has 1 N–H and O–H groups in total. The lowest BCUT2D eigenvalue weighted by Crippen LogP contribution is -2.20. The van der Waals surface area contributed by atoms with E-state index < -0.39 is 30.2 Å². The Morgan fingerprint density at radius 1 is 0.707 bits per heavy atom. The summed E-state index contributed by atoms with van der Waals surface area (Å²) in [6.07, 6.45) is 0. The smallest absolute Gasteiger partial charge is 0.343 e. The lowest BCUT2D eigenvalue weighted by molar-refractivity contribution is -0.118. The number of halogens is 2. The van der Waals surface area contributed by atoms with Crippen LogP contribution in [-0.4, -0.2) is 36.8 Å². The molecule has 1 amide bonds. The van der Waals surface area contributed by atoms with Crippen molar-refractivity contribution in [2.45, 2.75) is 6.92 Å². The van der Waals surface area contributed by atoms with Crippen LogP contribution in [0.3, 0.4) is 0 Å². The van der Waals surface area contributed by atoms with Crippen molar-refractivity contribution in [3.05, 3.63) is 123 Å². The monoisotopic (exact) mass is 591 g/mol. The predicted octanol–water partition coefficient (Wildman–Crippen LogP) is 6.58. The second kappa shape index (κ2) is 13.6. The summed E-state index contributed by atoms with van der Waals surface area (Å²) in [5.41, 5.74) is 2.34. The zero-order valence-corrected chi connectivity index (χ0v) is 23.2. The first-order valence-corrected chi connectivity index (χ1v) is 13.0. The van der Waals surface area contributed by atoms with E-state index in [1.165, 1.54) is 54.6 Å². The standard InChI is InChI=1S/C31H23Cl2NO7/c1-19-2-4-22(5-3-19)31(38)41-25-13-8-20(9-14-25)27(35)17-40-30(37)21-6-11-24(12-7-21)34-29(36)18-39-28-15-10-23(32)16-26(28)33/h2-16H,17-18H2,1H3,(H,34,36). The molecule has 0 spiro atoms. The number of benzene rings is 4. The Kier molecular flexibility index (Phi) is 9.73. The van der Waals surface area contributed by atoms with Gasteiger partial charge < -0.3 is 19.5 Å². The Morgan fingerprint density at radius 2 is 1.32 bits per heavy atom. The fourth-order valence-corrected chi connectivity index (χ4v) is 3.95. The van der Waals surface area contributed by atoms with E-state index in [1.54, 1.807) is 24.3 Å². The Balaban J connectivity index is 1.23. The number of esters is 2. The largest absolute Gasteiger partial charge is 0.482 e. The van der Waals surface area contributed by atoms with Crippen molar-refractivity contribution in [3.8, 4) is 11.5 Å². The number of anilines is 1. The van der Waals surface area contributed by atoms with Gasteiger partial charge in [-0.3, -0.25) is 9.59 Å². The summed E-state index contributed by atoms with van der Waals surface area (Å²) in [6, 6.07) is 23.5. The summed E-state index contributed by atoms with van der Waals surface area (Å²) in [7, 11) is 0. The molecule has 0 aliphatic rings. The minimum Gasteiger partial charge on any atom is -0.482 e. The summed E-state index contributed by atoms with van der Waals surface area (Å²) in [5, 5.41) is 3.37. The molecule has 0 atom stereocenters. The fourth-order valence-electron chi connectivity index (χ4n) is 3.48. The maximum Gasteiger partial charge on any atom is 0.343 e. The number of Topliss-reactive ketones (excluding diaryl/α,β-unsaturated/α-hetero) is 1. The van der Waals surface area contributed by atoms with Gasteiger partial charge in [0.2, 0.25) is 0 Å². The molecule has 4 aromatic carbocycles. The topological polar surface area (TPSA) is 108 Å². The van der Waals surface area contributed by atoms with Crippen molar-refractivity contribution in [3.63, 3.8) is 0 Å². The first-order chi connectivity index (χ1) is 19.7. The minimum atomic E-state index is -0.708. The second-order valence-corrected chi connectivity index (χ2v) is 9.61. The summed E-state index contributed by atoms with van der Waals surface area (Å²) < 4.78 is 15.9. The van der Waals surface area contributed by atoms with E-state index in [2.05, 4.69) is 5.32 Å². The number of ether oxygens (including phenoxy) is 3. The molecular weight excluding hydrogens is 569 g/mol. The molecule has 4 aromatic rings. The molecule has 0 heterocycles. The number of hydrogen-bond acceptors (Lipinski definition) is 7. The first kappa shape index (κ1) is 29.3. The molecule has 0 saturated heterocycles. The molecule has 0 aromatic heterocycles. The van der Waals surface area contributed by atoms with Crippen LogP contribution in [0.15, 0.2) is 91.0 Å². The highest BCUT2D eigenvalue weighted by Crippen LogP contribution is 2.27. The molecule has 0 aliphatic heterocycles. The Hall–Kier alpha value is -4.66. The third-order valence-corrected chi connectivity index (χ3v) is 6.20. The van der Waals surface area contributed by atoms with Crippen molar-refractivity contribution in [2.24, 2.45) is 0 Å². The predicted molar refractivity (Wildman–Crippen MR) is 154 cm³/mol. The quantitative estimate of drug-likeness (QED) is 0.126. The van der Waals surface area contributed by atoms with E-state index in [9.17, 15) is 19.2 Å². The lowest BCUT2D eigenvalue weighted by atomic mass is 10.1.